The highest BCUT2D eigenvalue weighted by Gasteiger charge is 1.93. The summed E-state index contributed by atoms with van der Waals surface area (Å²) in [7, 11) is 1.33. The van der Waals surface area contributed by atoms with Crippen molar-refractivity contribution >= 4 is 17.7 Å². The van der Waals surface area contributed by atoms with Gasteiger partial charge in [0.25, 0.3) is 0 Å². The van der Waals surface area contributed by atoms with Gasteiger partial charge in [0, 0.05) is 6.08 Å². The second-order valence-electron chi connectivity index (χ2n) is 1.73. The smallest absolute Gasteiger partial charge is 0.330 e. The molecule has 12 heavy (non-hydrogen) atoms. The lowest BCUT2D eigenvalue weighted by molar-refractivity contribution is -0.134. The molecule has 1 aromatic rings. The molecule has 0 saturated heterocycles. The van der Waals surface area contributed by atoms with Crippen molar-refractivity contribution in [3.8, 4) is 0 Å². The standard InChI is InChI=1S/C6H7N3O2S/c1-11-5(10)2-3-12-6-7-4-8-9-6/h2-4H,1H3,(H,7,8,9)/b3-2-. The van der Waals surface area contributed by atoms with Crippen LogP contribution in [-0.4, -0.2) is 28.3 Å². The Morgan fingerprint density at radius 3 is 3.25 bits per heavy atom. The fraction of sp³-hybridized carbons (Fsp3) is 0.167. The first-order valence-corrected chi connectivity index (χ1v) is 3.97. The van der Waals surface area contributed by atoms with E-state index in [4.69, 9.17) is 0 Å². The van der Waals surface area contributed by atoms with E-state index in [2.05, 4.69) is 19.9 Å². The minimum absolute atomic E-state index is 0.387. The Morgan fingerprint density at radius 1 is 1.83 bits per heavy atom. The number of hydrogen-bond donors (Lipinski definition) is 1. The number of aromatic nitrogens is 3. The van der Waals surface area contributed by atoms with Gasteiger partial charge in [0.1, 0.15) is 6.33 Å². The van der Waals surface area contributed by atoms with Crippen LogP contribution in [0, 0.1) is 0 Å². The van der Waals surface area contributed by atoms with E-state index < -0.39 is 0 Å². The number of nitrogens with zero attached hydrogens (tertiary/aromatic N) is 2. The lowest BCUT2D eigenvalue weighted by atomic mass is 10.7. The summed E-state index contributed by atoms with van der Waals surface area (Å²) in [5.41, 5.74) is 0. The van der Waals surface area contributed by atoms with E-state index in [-0.39, 0.29) is 5.97 Å². The van der Waals surface area contributed by atoms with Gasteiger partial charge in [-0.15, -0.1) is 0 Å². The Bertz CT molecular complexity index is 270. The van der Waals surface area contributed by atoms with Crippen LogP contribution in [0.2, 0.25) is 0 Å². The average Bonchev–Trinajstić information content (AvgIpc) is 2.57. The molecule has 0 atom stereocenters. The van der Waals surface area contributed by atoms with Gasteiger partial charge in [-0.2, -0.15) is 5.10 Å². The van der Waals surface area contributed by atoms with Gasteiger partial charge in [0.15, 0.2) is 5.16 Å². The molecule has 64 valence electrons. The number of nitrogens with one attached hydrogen (secondary N) is 1. The molecular formula is C6H7N3O2S. The van der Waals surface area contributed by atoms with Gasteiger partial charge in [0.2, 0.25) is 0 Å². The lowest BCUT2D eigenvalue weighted by Crippen LogP contribution is -1.92. The van der Waals surface area contributed by atoms with Crippen molar-refractivity contribution in [1.29, 1.82) is 0 Å². The number of carbonyl (C=O) groups excluding carboxylic acids is 1. The zero-order chi connectivity index (χ0) is 8.81. The molecule has 0 amide bonds. The van der Waals surface area contributed by atoms with Crippen LogP contribution >= 0.6 is 11.8 Å². The Labute approximate surface area is 73.2 Å². The highest BCUT2D eigenvalue weighted by Crippen LogP contribution is 2.11. The van der Waals surface area contributed by atoms with Gasteiger partial charge in [-0.3, -0.25) is 5.10 Å². The third-order valence-electron chi connectivity index (χ3n) is 0.978. The third-order valence-corrected chi connectivity index (χ3v) is 1.67. The summed E-state index contributed by atoms with van der Waals surface area (Å²) in [6.07, 6.45) is 2.71. The summed E-state index contributed by atoms with van der Waals surface area (Å²) >= 11 is 1.26. The molecule has 0 saturated carbocycles. The van der Waals surface area contributed by atoms with E-state index in [0.29, 0.717) is 5.16 Å². The van der Waals surface area contributed by atoms with E-state index in [1.54, 1.807) is 5.41 Å². The number of thioether (sulfide) groups is 1. The summed E-state index contributed by atoms with van der Waals surface area (Å²) in [5.74, 6) is -0.387. The second-order valence-corrected chi connectivity index (χ2v) is 2.63. The van der Waals surface area contributed by atoms with Crippen LogP contribution in [0.3, 0.4) is 0 Å². The van der Waals surface area contributed by atoms with Crippen LogP contribution in [0.1, 0.15) is 0 Å². The van der Waals surface area contributed by atoms with E-state index in [0.717, 1.165) is 0 Å². The fourth-order valence-electron chi connectivity index (χ4n) is 0.473. The molecule has 0 aliphatic heterocycles. The summed E-state index contributed by atoms with van der Waals surface area (Å²) in [5, 5.41) is 8.47. The number of aromatic amines is 1. The van der Waals surface area contributed by atoms with Crippen LogP contribution < -0.4 is 0 Å². The molecule has 0 aromatic carbocycles. The summed E-state index contributed by atoms with van der Waals surface area (Å²) in [6.45, 7) is 0. The largest absolute Gasteiger partial charge is 0.466 e. The van der Waals surface area contributed by atoms with Crippen LogP contribution in [0.5, 0.6) is 0 Å². The topological polar surface area (TPSA) is 67.9 Å². The van der Waals surface area contributed by atoms with Crippen LogP contribution in [0.4, 0.5) is 0 Å². The monoisotopic (exact) mass is 185 g/mol. The molecule has 1 N–H and O–H groups in total. The number of carbonyl (C=O) groups is 1. The number of ether oxygens (including phenoxy) is 1. The quantitative estimate of drug-likeness (QED) is 0.424. The minimum atomic E-state index is -0.387. The molecule has 0 aliphatic carbocycles. The number of esters is 1. The molecule has 6 heteroatoms. The SMILES string of the molecule is COC(=O)/C=C\Sc1ncn[nH]1. The average molecular weight is 185 g/mol. The van der Waals surface area contributed by atoms with Crippen molar-refractivity contribution in [3.63, 3.8) is 0 Å². The van der Waals surface area contributed by atoms with Gasteiger partial charge in [-0.05, 0) is 5.41 Å². The summed E-state index contributed by atoms with van der Waals surface area (Å²) in [4.78, 5) is 14.4. The van der Waals surface area contributed by atoms with Crippen molar-refractivity contribution in [2.75, 3.05) is 7.11 Å². The van der Waals surface area contributed by atoms with Gasteiger partial charge < -0.3 is 4.74 Å². The minimum Gasteiger partial charge on any atom is -0.466 e. The van der Waals surface area contributed by atoms with Crippen LogP contribution in [-0.2, 0) is 9.53 Å². The van der Waals surface area contributed by atoms with Gasteiger partial charge in [-0.25, -0.2) is 9.78 Å². The molecule has 0 aliphatic rings. The molecule has 1 heterocycles. The lowest BCUT2D eigenvalue weighted by Gasteiger charge is -1.88. The van der Waals surface area contributed by atoms with Crippen molar-refractivity contribution in [2.24, 2.45) is 0 Å². The third kappa shape index (κ3) is 2.75. The van der Waals surface area contributed by atoms with Crippen LogP contribution in [0.25, 0.3) is 0 Å². The van der Waals surface area contributed by atoms with Crippen LogP contribution in [0.15, 0.2) is 23.0 Å². The van der Waals surface area contributed by atoms with E-state index in [1.807, 2.05) is 0 Å². The zero-order valence-electron chi connectivity index (χ0n) is 6.35. The maximum atomic E-state index is 10.6. The Morgan fingerprint density at radius 2 is 2.67 bits per heavy atom. The molecule has 0 fully saturated rings. The van der Waals surface area contributed by atoms with Crippen molar-refractivity contribution in [1.82, 2.24) is 15.2 Å². The van der Waals surface area contributed by atoms with Gasteiger partial charge in [0.05, 0.1) is 7.11 Å². The van der Waals surface area contributed by atoms with Gasteiger partial charge >= 0.3 is 5.97 Å². The normalized spacial score (nSPS) is 10.4. The zero-order valence-corrected chi connectivity index (χ0v) is 7.17. The molecule has 0 unspecified atom stereocenters. The molecule has 1 aromatic heterocycles. The summed E-state index contributed by atoms with van der Waals surface area (Å²) < 4.78 is 4.38. The number of rotatable bonds is 3. The molecule has 0 radical (unpaired) electrons. The molecule has 1 rings (SSSR count). The highest BCUT2D eigenvalue weighted by molar-refractivity contribution is 8.02. The number of H-pyrrole nitrogens is 1. The number of methoxy groups -OCH3 is 1. The van der Waals surface area contributed by atoms with Crippen molar-refractivity contribution < 1.29 is 9.53 Å². The Hall–Kier alpha value is -1.30. The molecule has 0 bridgehead atoms. The molecule has 5 nitrogen and oxygen atoms in total. The predicted molar refractivity (Wildman–Crippen MR) is 43.4 cm³/mol. The molecule has 0 spiro atoms. The second kappa shape index (κ2) is 4.55. The first-order valence-electron chi connectivity index (χ1n) is 3.09. The van der Waals surface area contributed by atoms with Crippen molar-refractivity contribution in [3.05, 3.63) is 17.8 Å². The molecular weight excluding hydrogens is 178 g/mol. The van der Waals surface area contributed by atoms with E-state index >= 15 is 0 Å². The first kappa shape index (κ1) is 8.79. The Balaban J connectivity index is 2.35. The van der Waals surface area contributed by atoms with Gasteiger partial charge in [-0.1, -0.05) is 11.8 Å². The highest BCUT2D eigenvalue weighted by atomic mass is 32.2. The fourth-order valence-corrected chi connectivity index (χ4v) is 0.995. The maximum absolute atomic E-state index is 10.6. The van der Waals surface area contributed by atoms with Crippen molar-refractivity contribution in [2.45, 2.75) is 5.16 Å². The maximum Gasteiger partial charge on any atom is 0.330 e. The summed E-state index contributed by atoms with van der Waals surface area (Å²) in [6, 6.07) is 0. The van der Waals surface area contributed by atoms with E-state index in [1.165, 1.54) is 31.3 Å². The Kier molecular flexibility index (Phi) is 3.34. The van der Waals surface area contributed by atoms with E-state index in [9.17, 15) is 4.79 Å². The predicted octanol–water partition coefficient (Wildman–Crippen LogP) is 0.583. The number of hydrogen-bond acceptors (Lipinski definition) is 5. The first-order chi connectivity index (χ1) is 5.83.